The monoisotopic (exact) mass is 393 g/mol. The quantitative estimate of drug-likeness (QED) is 0.327. The second kappa shape index (κ2) is 13.5. The van der Waals surface area contributed by atoms with E-state index in [-0.39, 0.29) is 23.7 Å². The number of hydrogen-bond donors (Lipinski definition) is 3. The zero-order valence-electron chi connectivity index (χ0n) is 16.8. The lowest BCUT2D eigenvalue weighted by Gasteiger charge is -2.22. The molecule has 156 valence electrons. The third kappa shape index (κ3) is 15.6. The molecule has 26 heavy (non-hydrogen) atoms. The minimum Gasteiger partial charge on any atom is -0.481 e. The molecule has 0 bridgehead atoms. The van der Waals surface area contributed by atoms with Crippen molar-refractivity contribution in [2.24, 2.45) is 5.41 Å². The van der Waals surface area contributed by atoms with Crippen molar-refractivity contribution in [2.45, 2.75) is 97.5 Å². The van der Waals surface area contributed by atoms with E-state index in [1.165, 1.54) is 0 Å². The smallest absolute Gasteiger partial charge is 0.303 e. The summed E-state index contributed by atoms with van der Waals surface area (Å²) in [6.45, 7) is 6.36. The molecule has 6 nitrogen and oxygen atoms in total. The fourth-order valence-corrected chi connectivity index (χ4v) is 4.16. The van der Waals surface area contributed by atoms with E-state index in [1.54, 1.807) is 0 Å². The SMILES string of the molecule is CCCCCC(O)CCCCS(=O)(=O)NCCCCC(C)(C)CC(=O)O. The Labute approximate surface area is 159 Å². The van der Waals surface area contributed by atoms with Gasteiger partial charge in [0.1, 0.15) is 0 Å². The van der Waals surface area contributed by atoms with Gasteiger partial charge in [-0.2, -0.15) is 0 Å². The Hall–Kier alpha value is -0.660. The highest BCUT2D eigenvalue weighted by Crippen LogP contribution is 2.27. The normalized spacial score (nSPS) is 13.7. The number of carbonyl (C=O) groups is 1. The highest BCUT2D eigenvalue weighted by atomic mass is 32.2. The Kier molecular flexibility index (Phi) is 13.2. The Bertz CT molecular complexity index is 476. The number of sulfonamides is 1. The zero-order chi connectivity index (χ0) is 20.1. The molecule has 1 atom stereocenters. The third-order valence-corrected chi connectivity index (χ3v) is 6.04. The number of rotatable bonds is 17. The van der Waals surface area contributed by atoms with Crippen LogP contribution >= 0.6 is 0 Å². The Morgan fingerprint density at radius 3 is 2.23 bits per heavy atom. The molecule has 0 rings (SSSR count). The molecule has 0 saturated carbocycles. The second-order valence-electron chi connectivity index (χ2n) is 8.05. The van der Waals surface area contributed by atoms with Crippen LogP contribution in [0.15, 0.2) is 0 Å². The lowest BCUT2D eigenvalue weighted by molar-refractivity contribution is -0.139. The minimum atomic E-state index is -3.26. The standard InChI is InChI=1S/C19H39NO5S/c1-4-5-6-11-17(21)12-7-10-15-26(24,25)20-14-9-8-13-19(2,3)16-18(22)23/h17,20-21H,4-16H2,1-3H3,(H,22,23). The third-order valence-electron chi connectivity index (χ3n) is 4.57. The summed E-state index contributed by atoms with van der Waals surface area (Å²) in [6.07, 6.45) is 8.12. The molecule has 0 spiro atoms. The van der Waals surface area contributed by atoms with Gasteiger partial charge in [0, 0.05) is 6.54 Å². The van der Waals surface area contributed by atoms with Crippen molar-refractivity contribution >= 4 is 16.0 Å². The van der Waals surface area contributed by atoms with Crippen LogP contribution < -0.4 is 4.72 Å². The lowest BCUT2D eigenvalue weighted by atomic mass is 9.84. The van der Waals surface area contributed by atoms with Gasteiger partial charge in [-0.3, -0.25) is 4.79 Å². The number of carboxylic acids is 1. The number of carboxylic acid groups (broad SMARTS) is 1. The van der Waals surface area contributed by atoms with Gasteiger partial charge in [-0.05, 0) is 43.9 Å². The van der Waals surface area contributed by atoms with Crippen LogP contribution in [0.4, 0.5) is 0 Å². The van der Waals surface area contributed by atoms with Gasteiger partial charge in [0.2, 0.25) is 10.0 Å². The van der Waals surface area contributed by atoms with Crippen molar-refractivity contribution < 1.29 is 23.4 Å². The Morgan fingerprint density at radius 1 is 1.04 bits per heavy atom. The van der Waals surface area contributed by atoms with Crippen LogP contribution in [0.25, 0.3) is 0 Å². The molecular weight excluding hydrogens is 354 g/mol. The predicted octanol–water partition coefficient (Wildman–Crippen LogP) is 3.69. The summed E-state index contributed by atoms with van der Waals surface area (Å²) in [7, 11) is -3.26. The van der Waals surface area contributed by atoms with Gasteiger partial charge in [0.05, 0.1) is 18.3 Å². The van der Waals surface area contributed by atoms with E-state index in [0.717, 1.165) is 44.9 Å². The van der Waals surface area contributed by atoms with Crippen molar-refractivity contribution in [2.75, 3.05) is 12.3 Å². The number of unbranched alkanes of at least 4 members (excludes halogenated alkanes) is 4. The first-order chi connectivity index (χ1) is 12.1. The van der Waals surface area contributed by atoms with Crippen LogP contribution in [-0.4, -0.2) is 43.0 Å². The maximum atomic E-state index is 11.9. The largest absolute Gasteiger partial charge is 0.481 e. The zero-order valence-corrected chi connectivity index (χ0v) is 17.6. The van der Waals surface area contributed by atoms with Crippen LogP contribution in [0, 0.1) is 5.41 Å². The van der Waals surface area contributed by atoms with Crippen molar-refractivity contribution in [1.29, 1.82) is 0 Å². The van der Waals surface area contributed by atoms with Gasteiger partial charge in [-0.25, -0.2) is 13.1 Å². The Morgan fingerprint density at radius 2 is 1.65 bits per heavy atom. The molecule has 0 fully saturated rings. The maximum absolute atomic E-state index is 11.9. The van der Waals surface area contributed by atoms with Crippen LogP contribution in [0.1, 0.15) is 91.4 Å². The van der Waals surface area contributed by atoms with Gasteiger partial charge in [-0.1, -0.05) is 46.5 Å². The molecule has 0 aromatic heterocycles. The first-order valence-electron chi connectivity index (χ1n) is 9.95. The molecule has 1 unspecified atom stereocenters. The predicted molar refractivity (Wildman–Crippen MR) is 106 cm³/mol. The molecule has 0 heterocycles. The minimum absolute atomic E-state index is 0.0964. The maximum Gasteiger partial charge on any atom is 0.303 e. The molecule has 0 aromatic rings. The molecule has 0 saturated heterocycles. The van der Waals surface area contributed by atoms with Crippen LogP contribution in [-0.2, 0) is 14.8 Å². The van der Waals surface area contributed by atoms with Crippen molar-refractivity contribution in [3.8, 4) is 0 Å². The number of nitrogens with one attached hydrogen (secondary N) is 1. The molecule has 0 aliphatic carbocycles. The second-order valence-corrected chi connectivity index (χ2v) is 9.98. The van der Waals surface area contributed by atoms with Crippen molar-refractivity contribution in [3.05, 3.63) is 0 Å². The molecule has 0 amide bonds. The first-order valence-corrected chi connectivity index (χ1v) is 11.6. The fourth-order valence-electron chi connectivity index (χ4n) is 2.97. The van der Waals surface area contributed by atoms with Crippen molar-refractivity contribution in [1.82, 2.24) is 4.72 Å². The van der Waals surface area contributed by atoms with E-state index < -0.39 is 16.0 Å². The van der Waals surface area contributed by atoms with Gasteiger partial charge in [-0.15, -0.1) is 0 Å². The van der Waals surface area contributed by atoms with E-state index in [1.807, 2.05) is 13.8 Å². The van der Waals surface area contributed by atoms with E-state index in [2.05, 4.69) is 11.6 Å². The summed E-state index contributed by atoms with van der Waals surface area (Å²) in [5, 5.41) is 18.7. The summed E-state index contributed by atoms with van der Waals surface area (Å²) >= 11 is 0. The molecule has 0 aliphatic rings. The average molecular weight is 394 g/mol. The van der Waals surface area contributed by atoms with E-state index in [4.69, 9.17) is 5.11 Å². The number of aliphatic hydroxyl groups excluding tert-OH is 1. The highest BCUT2D eigenvalue weighted by molar-refractivity contribution is 7.89. The van der Waals surface area contributed by atoms with Gasteiger partial charge in [0.15, 0.2) is 0 Å². The first kappa shape index (κ1) is 25.3. The molecule has 0 radical (unpaired) electrons. The van der Waals surface area contributed by atoms with E-state index >= 15 is 0 Å². The van der Waals surface area contributed by atoms with Gasteiger partial charge >= 0.3 is 5.97 Å². The molecular formula is C19H39NO5S. The highest BCUT2D eigenvalue weighted by Gasteiger charge is 2.21. The van der Waals surface area contributed by atoms with Crippen LogP contribution in [0.5, 0.6) is 0 Å². The number of aliphatic hydroxyl groups is 1. The molecule has 7 heteroatoms. The number of hydrogen-bond acceptors (Lipinski definition) is 4. The molecule has 3 N–H and O–H groups in total. The van der Waals surface area contributed by atoms with Crippen LogP contribution in [0.2, 0.25) is 0 Å². The Balaban J connectivity index is 3.77. The van der Waals surface area contributed by atoms with E-state index in [0.29, 0.717) is 25.8 Å². The van der Waals surface area contributed by atoms with E-state index in [9.17, 15) is 18.3 Å². The fraction of sp³-hybridized carbons (Fsp3) is 0.947. The van der Waals surface area contributed by atoms with Gasteiger partial charge < -0.3 is 10.2 Å². The topological polar surface area (TPSA) is 104 Å². The summed E-state index contributed by atoms with van der Waals surface area (Å²) in [4.78, 5) is 10.8. The summed E-state index contributed by atoms with van der Waals surface area (Å²) in [6, 6.07) is 0. The van der Waals surface area contributed by atoms with Crippen LogP contribution in [0.3, 0.4) is 0 Å². The molecule has 0 aromatic carbocycles. The molecule has 0 aliphatic heterocycles. The summed E-state index contributed by atoms with van der Waals surface area (Å²) in [5.41, 5.74) is -0.261. The lowest BCUT2D eigenvalue weighted by Crippen LogP contribution is -2.27. The summed E-state index contributed by atoms with van der Waals surface area (Å²) in [5.74, 6) is -0.703. The van der Waals surface area contributed by atoms with Gasteiger partial charge in [0.25, 0.3) is 0 Å². The average Bonchev–Trinajstić information content (AvgIpc) is 2.50. The summed E-state index contributed by atoms with van der Waals surface area (Å²) < 4.78 is 26.5. The number of aliphatic carboxylic acids is 1. The van der Waals surface area contributed by atoms with Crippen molar-refractivity contribution in [3.63, 3.8) is 0 Å².